The van der Waals surface area contributed by atoms with Crippen molar-refractivity contribution < 1.29 is 9.47 Å². The van der Waals surface area contributed by atoms with E-state index >= 15 is 0 Å². The van der Waals surface area contributed by atoms with Crippen molar-refractivity contribution in [2.45, 2.75) is 20.4 Å². The van der Waals surface area contributed by atoms with Crippen LogP contribution in [0.4, 0.5) is 0 Å². The lowest BCUT2D eigenvalue weighted by Gasteiger charge is -2.13. The predicted octanol–water partition coefficient (Wildman–Crippen LogP) is 6.15. The smallest absolute Gasteiger partial charge is 0.332 e. The van der Waals surface area contributed by atoms with E-state index in [2.05, 4.69) is 21.0 Å². The van der Waals surface area contributed by atoms with E-state index in [1.807, 2.05) is 26.0 Å². The van der Waals surface area contributed by atoms with Gasteiger partial charge in [-0.05, 0) is 78.6 Å². The Hall–Kier alpha value is -5.31. The topological polar surface area (TPSA) is 133 Å². The number of imidazole rings is 2. The lowest BCUT2D eigenvalue weighted by molar-refractivity contribution is 0.361. The normalized spacial score (nSPS) is 11.7. The van der Waals surface area contributed by atoms with Gasteiger partial charge < -0.3 is 14.5 Å². The van der Waals surface area contributed by atoms with Crippen LogP contribution in [0.25, 0.3) is 33.8 Å². The van der Waals surface area contributed by atoms with Crippen LogP contribution in [0.1, 0.15) is 28.1 Å². The van der Waals surface area contributed by atoms with Crippen LogP contribution < -0.4 is 20.7 Å². The number of hydrogen-bond acceptors (Lipinski definition) is 7. The standard InChI is InChI=1S/C33H27Cl2N7O4/c1-17-10-24-25(11-18(17)2)38-29(37-24)21(15-36)12-19-6-9-26(27(13-19)45-5)46-32-39-30-28(31(43)41(4)33(44)40(30)3)42(32)16-20-7-8-22(34)14-23(20)35/h6-14H,16H2,1-5H3,(H,37,38)/b21-12+. The van der Waals surface area contributed by atoms with Gasteiger partial charge in [0.15, 0.2) is 22.7 Å². The molecule has 0 aliphatic heterocycles. The van der Waals surface area contributed by atoms with E-state index in [9.17, 15) is 14.9 Å². The van der Waals surface area contributed by atoms with Crippen molar-refractivity contribution in [1.82, 2.24) is 28.7 Å². The average Bonchev–Trinajstić information content (AvgIpc) is 3.60. The van der Waals surface area contributed by atoms with Gasteiger partial charge in [0.05, 0.1) is 30.3 Å². The summed E-state index contributed by atoms with van der Waals surface area (Å²) >= 11 is 12.6. The van der Waals surface area contributed by atoms with Crippen molar-refractivity contribution in [2.24, 2.45) is 14.1 Å². The molecule has 0 unspecified atom stereocenters. The number of allylic oxidation sites excluding steroid dienone is 1. The van der Waals surface area contributed by atoms with Gasteiger partial charge in [0.1, 0.15) is 11.9 Å². The third-order valence-corrected chi connectivity index (χ3v) is 8.42. The summed E-state index contributed by atoms with van der Waals surface area (Å²) in [5.41, 5.74) is 4.71. The first kappa shape index (κ1) is 30.7. The molecule has 11 nitrogen and oxygen atoms in total. The van der Waals surface area contributed by atoms with Gasteiger partial charge in [-0.15, -0.1) is 0 Å². The largest absolute Gasteiger partial charge is 0.493 e. The Bertz CT molecular complexity index is 2350. The summed E-state index contributed by atoms with van der Waals surface area (Å²) in [6.45, 7) is 4.14. The lowest BCUT2D eigenvalue weighted by atomic mass is 10.1. The number of methoxy groups -OCH3 is 1. The Morgan fingerprint density at radius 2 is 1.76 bits per heavy atom. The molecule has 0 aliphatic rings. The number of ether oxygens (including phenoxy) is 2. The van der Waals surface area contributed by atoms with Crippen LogP contribution in [-0.2, 0) is 20.6 Å². The van der Waals surface area contributed by atoms with Gasteiger partial charge in [-0.25, -0.2) is 9.78 Å². The zero-order valence-corrected chi connectivity index (χ0v) is 27.0. The number of rotatable bonds is 7. The second kappa shape index (κ2) is 11.9. The fourth-order valence-corrected chi connectivity index (χ4v) is 5.61. The molecule has 0 fully saturated rings. The molecule has 13 heteroatoms. The minimum Gasteiger partial charge on any atom is -0.493 e. The maximum atomic E-state index is 13.3. The first-order valence-corrected chi connectivity index (χ1v) is 14.8. The van der Waals surface area contributed by atoms with Crippen LogP contribution in [0.2, 0.25) is 10.0 Å². The van der Waals surface area contributed by atoms with Crippen LogP contribution in [-0.4, -0.2) is 35.8 Å². The van der Waals surface area contributed by atoms with Crippen molar-refractivity contribution in [3.05, 3.63) is 107 Å². The van der Waals surface area contributed by atoms with Crippen molar-refractivity contribution >= 4 is 57.0 Å². The van der Waals surface area contributed by atoms with Gasteiger partial charge in [0, 0.05) is 24.1 Å². The third-order valence-electron chi connectivity index (χ3n) is 7.83. The summed E-state index contributed by atoms with van der Waals surface area (Å²) in [5.74, 6) is 1.07. The number of halogens is 2. The predicted molar refractivity (Wildman–Crippen MR) is 178 cm³/mol. The number of fused-ring (bicyclic) bond motifs is 2. The molecule has 6 aromatic rings. The van der Waals surface area contributed by atoms with Crippen molar-refractivity contribution in [3.8, 4) is 23.6 Å². The number of nitrogens with zero attached hydrogens (tertiary/aromatic N) is 6. The maximum absolute atomic E-state index is 13.3. The van der Waals surface area contributed by atoms with Crippen LogP contribution >= 0.6 is 23.2 Å². The van der Waals surface area contributed by atoms with Gasteiger partial charge >= 0.3 is 11.7 Å². The molecule has 0 saturated carbocycles. The number of H-pyrrole nitrogens is 1. The second-order valence-electron chi connectivity index (χ2n) is 10.8. The molecule has 6 rings (SSSR count). The van der Waals surface area contributed by atoms with Crippen molar-refractivity contribution in [2.75, 3.05) is 7.11 Å². The van der Waals surface area contributed by atoms with Crippen molar-refractivity contribution in [3.63, 3.8) is 0 Å². The summed E-state index contributed by atoms with van der Waals surface area (Å²) in [6, 6.07) is 16.4. The van der Waals surface area contributed by atoms with E-state index in [1.165, 1.54) is 25.8 Å². The third kappa shape index (κ3) is 5.42. The highest BCUT2D eigenvalue weighted by atomic mass is 35.5. The summed E-state index contributed by atoms with van der Waals surface area (Å²) in [5, 5.41) is 10.8. The molecule has 0 bridgehead atoms. The lowest BCUT2D eigenvalue weighted by Crippen LogP contribution is -2.37. The SMILES string of the molecule is COc1cc(/C=C(\C#N)c2nc3cc(C)c(C)cc3[nH]2)ccc1Oc1nc2c(c(=O)n(C)c(=O)n2C)n1Cc1ccc(Cl)cc1Cl. The Labute approximate surface area is 272 Å². The highest BCUT2D eigenvalue weighted by Gasteiger charge is 2.23. The van der Waals surface area contributed by atoms with E-state index < -0.39 is 11.2 Å². The molecule has 3 aromatic heterocycles. The van der Waals surface area contributed by atoms with E-state index in [4.69, 9.17) is 32.7 Å². The van der Waals surface area contributed by atoms with E-state index in [0.29, 0.717) is 38.3 Å². The highest BCUT2D eigenvalue weighted by Crippen LogP contribution is 2.35. The number of nitrogens with one attached hydrogen (secondary N) is 1. The molecule has 46 heavy (non-hydrogen) atoms. The molecule has 3 aromatic carbocycles. The summed E-state index contributed by atoms with van der Waals surface area (Å²) < 4.78 is 15.8. The van der Waals surface area contributed by atoms with Crippen LogP contribution in [0.5, 0.6) is 17.5 Å². The number of benzene rings is 3. The number of aromatic amines is 1. The molecular weight excluding hydrogens is 629 g/mol. The average molecular weight is 657 g/mol. The number of nitriles is 1. The molecule has 0 radical (unpaired) electrons. The Morgan fingerprint density at radius 3 is 2.48 bits per heavy atom. The minimum atomic E-state index is -0.544. The van der Waals surface area contributed by atoms with E-state index in [1.54, 1.807) is 47.0 Å². The first-order valence-electron chi connectivity index (χ1n) is 14.0. The van der Waals surface area contributed by atoms with Gasteiger partial charge in [-0.2, -0.15) is 10.2 Å². The van der Waals surface area contributed by atoms with Gasteiger partial charge in [0.2, 0.25) is 0 Å². The Balaban J connectivity index is 1.42. The van der Waals surface area contributed by atoms with Crippen LogP contribution in [0.15, 0.2) is 58.1 Å². The number of aromatic nitrogens is 6. The first-order chi connectivity index (χ1) is 22.0. The molecule has 3 heterocycles. The highest BCUT2D eigenvalue weighted by molar-refractivity contribution is 6.35. The molecule has 0 aliphatic carbocycles. The Kier molecular flexibility index (Phi) is 7.94. The minimum absolute atomic E-state index is 0.0338. The summed E-state index contributed by atoms with van der Waals surface area (Å²) in [6.07, 6.45) is 1.70. The molecule has 0 spiro atoms. The second-order valence-corrected chi connectivity index (χ2v) is 11.7. The summed E-state index contributed by atoms with van der Waals surface area (Å²) in [4.78, 5) is 38.4. The van der Waals surface area contributed by atoms with Gasteiger partial charge in [-0.1, -0.05) is 35.3 Å². The zero-order valence-electron chi connectivity index (χ0n) is 25.5. The molecule has 0 atom stereocenters. The zero-order chi connectivity index (χ0) is 32.9. The van der Waals surface area contributed by atoms with Crippen molar-refractivity contribution in [1.29, 1.82) is 5.26 Å². The quantitative estimate of drug-likeness (QED) is 0.204. The molecule has 0 amide bonds. The molecule has 1 N–H and O–H groups in total. The molecule has 232 valence electrons. The summed E-state index contributed by atoms with van der Waals surface area (Å²) in [7, 11) is 4.41. The van der Waals surface area contributed by atoms with Gasteiger partial charge in [-0.3, -0.25) is 18.5 Å². The fraction of sp³-hybridized carbons (Fsp3) is 0.182. The molecular formula is C33H27Cl2N7O4. The van der Waals surface area contributed by atoms with Gasteiger partial charge in [0.25, 0.3) is 5.56 Å². The fourth-order valence-electron chi connectivity index (χ4n) is 5.15. The van der Waals surface area contributed by atoms with E-state index in [-0.39, 0.29) is 29.5 Å². The maximum Gasteiger partial charge on any atom is 0.332 e. The van der Waals surface area contributed by atoms with Crippen LogP contribution in [0.3, 0.4) is 0 Å². The number of hydrogen-bond donors (Lipinski definition) is 1. The number of aryl methyl sites for hydroxylation is 3. The Morgan fingerprint density at radius 1 is 1.00 bits per heavy atom. The van der Waals surface area contributed by atoms with E-state index in [0.717, 1.165) is 26.7 Å². The monoisotopic (exact) mass is 655 g/mol. The van der Waals surface area contributed by atoms with Crippen LogP contribution in [0, 0.1) is 25.2 Å². The molecule has 0 saturated heterocycles.